The van der Waals surface area contributed by atoms with Crippen LogP contribution < -0.4 is 10.6 Å². The first-order valence-corrected chi connectivity index (χ1v) is 10.7. The van der Waals surface area contributed by atoms with Gasteiger partial charge in [0.05, 0.1) is 5.69 Å². The number of hydrogen-bond acceptors (Lipinski definition) is 6. The third-order valence-corrected chi connectivity index (χ3v) is 5.73. The molecule has 0 saturated carbocycles. The molecule has 1 aromatic carbocycles. The first-order valence-electron chi connectivity index (χ1n) is 9.27. The van der Waals surface area contributed by atoms with Crippen molar-refractivity contribution in [2.75, 3.05) is 13.6 Å². The fraction of sp³-hybridized carbons (Fsp3) is 0.143. The van der Waals surface area contributed by atoms with E-state index < -0.39 is 27.8 Å². The summed E-state index contributed by atoms with van der Waals surface area (Å²) < 4.78 is 41.3. The van der Waals surface area contributed by atoms with Crippen LogP contribution in [0.5, 0.6) is 0 Å². The second-order valence-electron chi connectivity index (χ2n) is 6.41. The van der Waals surface area contributed by atoms with Gasteiger partial charge in [-0.05, 0) is 36.9 Å². The van der Waals surface area contributed by atoms with Crippen LogP contribution in [0, 0.1) is 5.82 Å². The van der Waals surface area contributed by atoms with Gasteiger partial charge in [-0.2, -0.15) is 0 Å². The van der Waals surface area contributed by atoms with Gasteiger partial charge in [0.1, 0.15) is 10.7 Å². The molecule has 0 atom stereocenters. The van der Waals surface area contributed by atoms with E-state index >= 15 is 0 Å². The Labute approximate surface area is 184 Å². The number of aliphatic carboxylic acids is 2. The number of carboxylic acid groups (broad SMARTS) is 2. The minimum Gasteiger partial charge on any atom is -0.478 e. The van der Waals surface area contributed by atoms with Crippen LogP contribution in [-0.2, 0) is 26.2 Å². The molecule has 3 rings (SSSR count). The highest BCUT2D eigenvalue weighted by Gasteiger charge is 2.24. The van der Waals surface area contributed by atoms with Gasteiger partial charge in [-0.3, -0.25) is 0 Å². The quantitative estimate of drug-likeness (QED) is 0.457. The van der Waals surface area contributed by atoms with E-state index in [4.69, 9.17) is 10.2 Å². The molecule has 2 aromatic rings. The van der Waals surface area contributed by atoms with Crippen LogP contribution in [0.15, 0.2) is 71.9 Å². The Balaban J connectivity index is 0.000000390. The summed E-state index contributed by atoms with van der Waals surface area (Å²) in [6, 6.07) is 7.83. The van der Waals surface area contributed by atoms with Gasteiger partial charge < -0.3 is 20.8 Å². The van der Waals surface area contributed by atoms with Crippen molar-refractivity contribution < 1.29 is 32.6 Å². The number of rotatable bonds is 7. The maximum absolute atomic E-state index is 14.2. The van der Waals surface area contributed by atoms with Gasteiger partial charge in [-0.15, -0.1) is 0 Å². The van der Waals surface area contributed by atoms with Crippen LogP contribution in [0.3, 0.4) is 0 Å². The highest BCUT2D eigenvalue weighted by Crippen LogP contribution is 2.29. The third kappa shape index (κ3) is 6.40. The fourth-order valence-electron chi connectivity index (χ4n) is 2.73. The summed E-state index contributed by atoms with van der Waals surface area (Å²) in [6.07, 6.45) is 7.38. The van der Waals surface area contributed by atoms with Crippen molar-refractivity contribution in [2.24, 2.45) is 0 Å². The minimum atomic E-state index is -3.82. The van der Waals surface area contributed by atoms with Crippen LogP contribution >= 0.6 is 0 Å². The first kappa shape index (κ1) is 24.6. The van der Waals surface area contributed by atoms with Gasteiger partial charge in [0, 0.05) is 43.2 Å². The molecule has 0 unspecified atom stereocenters. The molecule has 0 fully saturated rings. The molecule has 1 aliphatic rings. The molecule has 9 nitrogen and oxygen atoms in total. The monoisotopic (exact) mass is 463 g/mol. The number of carboxylic acids is 2. The molecule has 0 amide bonds. The topological polar surface area (TPSA) is 138 Å². The van der Waals surface area contributed by atoms with E-state index in [9.17, 15) is 22.4 Å². The second kappa shape index (κ2) is 11.1. The molecule has 0 radical (unpaired) electrons. The summed E-state index contributed by atoms with van der Waals surface area (Å²) in [5, 5.41) is 21.5. The summed E-state index contributed by atoms with van der Waals surface area (Å²) in [7, 11) is -2.05. The number of nitrogens with zero attached hydrogens (tertiary/aromatic N) is 1. The Morgan fingerprint density at radius 3 is 2.41 bits per heavy atom. The molecule has 2 heterocycles. The van der Waals surface area contributed by atoms with Crippen molar-refractivity contribution >= 4 is 22.0 Å². The van der Waals surface area contributed by atoms with Gasteiger partial charge in [-0.1, -0.05) is 18.2 Å². The normalized spacial score (nSPS) is 13.1. The smallest absolute Gasteiger partial charge is 0.328 e. The maximum Gasteiger partial charge on any atom is 0.328 e. The van der Waals surface area contributed by atoms with Crippen LogP contribution in [0.25, 0.3) is 11.3 Å². The molecule has 0 spiro atoms. The molecule has 0 aliphatic carbocycles. The highest BCUT2D eigenvalue weighted by molar-refractivity contribution is 7.94. The van der Waals surface area contributed by atoms with Gasteiger partial charge in [0.15, 0.2) is 0 Å². The maximum atomic E-state index is 14.2. The van der Waals surface area contributed by atoms with E-state index in [1.54, 1.807) is 43.5 Å². The predicted molar refractivity (Wildman–Crippen MR) is 117 cm³/mol. The molecule has 0 bridgehead atoms. The summed E-state index contributed by atoms with van der Waals surface area (Å²) in [5.74, 6) is -2.98. The number of benzene rings is 1. The summed E-state index contributed by atoms with van der Waals surface area (Å²) in [5.41, 5.74) is 1.31. The Morgan fingerprint density at radius 2 is 1.88 bits per heavy atom. The van der Waals surface area contributed by atoms with Crippen molar-refractivity contribution in [1.29, 1.82) is 0 Å². The van der Waals surface area contributed by atoms with E-state index in [0.29, 0.717) is 30.9 Å². The lowest BCUT2D eigenvalue weighted by molar-refractivity contribution is -0.134. The summed E-state index contributed by atoms with van der Waals surface area (Å²) in [4.78, 5) is 19.2. The number of halogens is 1. The van der Waals surface area contributed by atoms with Crippen molar-refractivity contribution in [2.45, 2.75) is 6.54 Å². The lowest BCUT2D eigenvalue weighted by Gasteiger charge is -2.14. The number of aromatic nitrogens is 1. The number of allylic oxidation sites excluding steroid dienone is 1. The zero-order chi connectivity index (χ0) is 23.7. The molecule has 170 valence electrons. The standard InChI is InChI=1S/C17H18FN3O2S.C4H4O4/c1-19-10-13-9-17(15-6-2-3-7-16(15)18)21(12-13)24(22,23)14-5-4-8-20-11-14;5-3(6)1-2-4(7)8/h2-7,9,11-12,19-20H,8,10H2,1H3;1-2H,(H,5,6)(H,7,8)/b;2-1+. The van der Waals surface area contributed by atoms with Crippen molar-refractivity contribution in [3.63, 3.8) is 0 Å². The third-order valence-electron chi connectivity index (χ3n) is 4.06. The lowest BCUT2D eigenvalue weighted by atomic mass is 10.1. The van der Waals surface area contributed by atoms with E-state index in [0.717, 1.165) is 9.54 Å². The molecule has 0 saturated heterocycles. The SMILES string of the molecule is CNCc1cc(-c2ccccc2F)n(S(=O)(=O)C2=CNCC=C2)c1.O=C(O)/C=C/C(=O)O. The van der Waals surface area contributed by atoms with Crippen LogP contribution in [0.2, 0.25) is 0 Å². The molecule has 32 heavy (non-hydrogen) atoms. The number of nitrogens with one attached hydrogen (secondary N) is 2. The lowest BCUT2D eigenvalue weighted by Crippen LogP contribution is -2.19. The molecule has 4 N–H and O–H groups in total. The zero-order valence-electron chi connectivity index (χ0n) is 17.0. The molecule has 1 aromatic heterocycles. The van der Waals surface area contributed by atoms with Crippen molar-refractivity contribution in [1.82, 2.24) is 14.6 Å². The van der Waals surface area contributed by atoms with E-state index in [1.165, 1.54) is 18.5 Å². The molecule has 1 aliphatic heterocycles. The number of dihydropyridines is 1. The first-order chi connectivity index (χ1) is 15.2. The van der Waals surface area contributed by atoms with Crippen LogP contribution in [0.1, 0.15) is 5.56 Å². The molecule has 11 heteroatoms. The fourth-order valence-corrected chi connectivity index (χ4v) is 4.14. The Hall–Kier alpha value is -3.70. The van der Waals surface area contributed by atoms with Gasteiger partial charge in [0.2, 0.25) is 0 Å². The Bertz CT molecular complexity index is 1170. The van der Waals surface area contributed by atoms with E-state index in [-0.39, 0.29) is 10.5 Å². The zero-order valence-corrected chi connectivity index (χ0v) is 17.8. The van der Waals surface area contributed by atoms with Gasteiger partial charge >= 0.3 is 11.9 Å². The Kier molecular flexibility index (Phi) is 8.50. The molecular weight excluding hydrogens is 441 g/mol. The van der Waals surface area contributed by atoms with Gasteiger partial charge in [0.25, 0.3) is 10.0 Å². The largest absolute Gasteiger partial charge is 0.478 e. The van der Waals surface area contributed by atoms with E-state index in [2.05, 4.69) is 10.6 Å². The van der Waals surface area contributed by atoms with Crippen molar-refractivity contribution in [3.05, 3.63) is 83.3 Å². The highest BCUT2D eigenvalue weighted by atomic mass is 32.2. The second-order valence-corrected chi connectivity index (χ2v) is 8.23. The average molecular weight is 463 g/mol. The number of carbonyl (C=O) groups is 2. The van der Waals surface area contributed by atoms with Crippen LogP contribution in [0.4, 0.5) is 4.39 Å². The molecular formula is C21H22FN3O6S. The van der Waals surface area contributed by atoms with Gasteiger partial charge in [-0.25, -0.2) is 26.4 Å². The van der Waals surface area contributed by atoms with Crippen molar-refractivity contribution in [3.8, 4) is 11.3 Å². The van der Waals surface area contributed by atoms with E-state index in [1.807, 2.05) is 0 Å². The number of hydrogen-bond donors (Lipinski definition) is 4. The average Bonchev–Trinajstić information content (AvgIpc) is 3.18. The minimum absolute atomic E-state index is 0.137. The van der Waals surface area contributed by atoms with Crippen LogP contribution in [-0.4, -0.2) is 48.1 Å². The Morgan fingerprint density at radius 1 is 1.22 bits per heavy atom. The summed E-state index contributed by atoms with van der Waals surface area (Å²) in [6.45, 7) is 1.06. The predicted octanol–water partition coefficient (Wildman–Crippen LogP) is 1.90. The summed E-state index contributed by atoms with van der Waals surface area (Å²) >= 11 is 0.